The fourth-order valence-corrected chi connectivity index (χ4v) is 2.38. The molecule has 0 aliphatic heterocycles. The molecule has 11 nitrogen and oxygen atoms in total. The number of aliphatic hydroxyl groups is 3. The molecule has 3 N–H and O–H groups in total. The molecule has 11 heteroatoms. The summed E-state index contributed by atoms with van der Waals surface area (Å²) in [5.41, 5.74) is -2.73. The van der Waals surface area contributed by atoms with E-state index in [1.807, 2.05) is 0 Å². The Hall–Kier alpha value is -3.28. The zero-order valence-corrected chi connectivity index (χ0v) is 19.1. The summed E-state index contributed by atoms with van der Waals surface area (Å²) in [6, 6.07) is 0. The van der Waals surface area contributed by atoms with Crippen LogP contribution in [-0.4, -0.2) is 85.4 Å². The predicted octanol–water partition coefficient (Wildman–Crippen LogP) is -0.141. The summed E-state index contributed by atoms with van der Waals surface area (Å²) in [5.74, 6) is -3.94. The highest BCUT2D eigenvalue weighted by Gasteiger charge is 2.38. The molecule has 0 aromatic carbocycles. The van der Waals surface area contributed by atoms with Crippen molar-refractivity contribution in [1.29, 1.82) is 0 Å². The van der Waals surface area contributed by atoms with Crippen LogP contribution in [0.5, 0.6) is 0 Å². The maximum Gasteiger partial charge on any atom is 0.330 e. The minimum absolute atomic E-state index is 0.469. The number of esters is 4. The minimum Gasteiger partial charge on any atom is -0.462 e. The van der Waals surface area contributed by atoms with Crippen molar-refractivity contribution in [2.75, 3.05) is 46.2 Å². The van der Waals surface area contributed by atoms with Gasteiger partial charge in [0.2, 0.25) is 0 Å². The van der Waals surface area contributed by atoms with Crippen LogP contribution < -0.4 is 0 Å². The molecular formula is C23H32O11. The Morgan fingerprint density at radius 2 is 1.03 bits per heavy atom. The number of ether oxygens (including phenoxy) is 4. The number of hydrogen-bond donors (Lipinski definition) is 3. The fraction of sp³-hybridized carbons (Fsp3) is 0.478. The predicted molar refractivity (Wildman–Crippen MR) is 119 cm³/mol. The van der Waals surface area contributed by atoms with Gasteiger partial charge in [-0.3, -0.25) is 0 Å². The third kappa shape index (κ3) is 10.1. The maximum absolute atomic E-state index is 12.3. The van der Waals surface area contributed by atoms with Crippen LogP contribution in [-0.2, 0) is 38.1 Å². The number of aliphatic hydroxyl groups excluding tert-OH is 3. The van der Waals surface area contributed by atoms with Crippen LogP contribution in [0.3, 0.4) is 0 Å². The molecule has 1 unspecified atom stereocenters. The van der Waals surface area contributed by atoms with Gasteiger partial charge in [-0.25, -0.2) is 19.2 Å². The van der Waals surface area contributed by atoms with Gasteiger partial charge in [-0.2, -0.15) is 0 Å². The molecule has 0 bridgehead atoms. The molecule has 0 heterocycles. The van der Waals surface area contributed by atoms with Gasteiger partial charge in [-0.05, 0) is 5.92 Å². The lowest BCUT2D eigenvalue weighted by Gasteiger charge is -2.32. The summed E-state index contributed by atoms with van der Waals surface area (Å²) < 4.78 is 20.3. The zero-order valence-electron chi connectivity index (χ0n) is 19.1. The molecule has 0 radical (unpaired) electrons. The van der Waals surface area contributed by atoms with Gasteiger partial charge < -0.3 is 34.3 Å². The van der Waals surface area contributed by atoms with E-state index in [0.717, 1.165) is 24.3 Å². The average molecular weight is 484 g/mol. The Balaban J connectivity index is 5.63. The van der Waals surface area contributed by atoms with Gasteiger partial charge in [0.05, 0.1) is 19.8 Å². The van der Waals surface area contributed by atoms with E-state index in [1.54, 1.807) is 6.92 Å². The van der Waals surface area contributed by atoms with Gasteiger partial charge in [0.15, 0.2) is 0 Å². The fourth-order valence-electron chi connectivity index (χ4n) is 2.38. The van der Waals surface area contributed by atoms with Gasteiger partial charge in [0.25, 0.3) is 0 Å². The molecule has 0 aliphatic rings. The molecule has 0 spiro atoms. The first-order valence-corrected chi connectivity index (χ1v) is 10.1. The first-order valence-electron chi connectivity index (χ1n) is 10.1. The molecule has 0 aromatic heterocycles. The van der Waals surface area contributed by atoms with Crippen LogP contribution in [0.25, 0.3) is 0 Å². The van der Waals surface area contributed by atoms with Crippen molar-refractivity contribution in [3.05, 3.63) is 50.1 Å². The summed E-state index contributed by atoms with van der Waals surface area (Å²) in [5, 5.41) is 28.4. The number of allylic oxidation sites excluding steroid dienone is 1. The highest BCUT2D eigenvalue weighted by molar-refractivity contribution is 5.83. The Bertz CT molecular complexity index is 697. The van der Waals surface area contributed by atoms with E-state index in [2.05, 4.69) is 19.7 Å². The molecule has 1 atom stereocenters. The highest BCUT2D eigenvalue weighted by atomic mass is 16.6. The van der Waals surface area contributed by atoms with Crippen LogP contribution in [0.1, 0.15) is 6.92 Å². The molecule has 0 amide bonds. The van der Waals surface area contributed by atoms with Crippen molar-refractivity contribution in [3.63, 3.8) is 0 Å². The van der Waals surface area contributed by atoms with Gasteiger partial charge in [0.1, 0.15) is 31.8 Å². The third-order valence-corrected chi connectivity index (χ3v) is 5.01. The quantitative estimate of drug-likeness (QED) is 0.143. The smallest absolute Gasteiger partial charge is 0.330 e. The first-order chi connectivity index (χ1) is 16.1. The van der Waals surface area contributed by atoms with Crippen molar-refractivity contribution >= 4 is 23.9 Å². The van der Waals surface area contributed by atoms with E-state index in [-0.39, 0.29) is 0 Å². The molecule has 0 rings (SSSR count). The Morgan fingerprint density at radius 3 is 1.32 bits per heavy atom. The molecule has 0 aromatic rings. The average Bonchev–Trinajstić information content (AvgIpc) is 2.86. The van der Waals surface area contributed by atoms with E-state index in [4.69, 9.17) is 18.9 Å². The van der Waals surface area contributed by atoms with Gasteiger partial charge in [-0.15, -0.1) is 0 Å². The highest BCUT2D eigenvalue weighted by Crippen LogP contribution is 2.27. The Morgan fingerprint density at radius 1 is 0.706 bits per heavy atom. The van der Waals surface area contributed by atoms with E-state index in [1.165, 1.54) is 6.08 Å². The molecule has 0 fully saturated rings. The summed E-state index contributed by atoms with van der Waals surface area (Å²) in [6.45, 7) is 7.90. The number of hydrogen-bond acceptors (Lipinski definition) is 11. The van der Waals surface area contributed by atoms with Crippen molar-refractivity contribution in [2.45, 2.75) is 6.92 Å². The largest absolute Gasteiger partial charge is 0.462 e. The minimum atomic E-state index is -1.48. The lowest BCUT2D eigenvalue weighted by Crippen LogP contribution is -2.43. The number of carbonyl (C=O) groups excluding carboxylic acids is 4. The lowest BCUT2D eigenvalue weighted by atomic mass is 9.78. The van der Waals surface area contributed by atoms with Gasteiger partial charge >= 0.3 is 23.9 Å². The second-order valence-corrected chi connectivity index (χ2v) is 7.53. The standard InChI is InChI=1S/C23H32O11/c1-5-18(27)31-13-22(14-32-19(28)6-2,15-33-20(29)7-3)16-34-21(30)9-8-17(4)23(10-24,11-25)12-26/h5-9,17,24-26H,1-3,10-16H2,4H3. The van der Waals surface area contributed by atoms with Crippen molar-refractivity contribution in [1.82, 2.24) is 0 Å². The summed E-state index contributed by atoms with van der Waals surface area (Å²) in [7, 11) is 0. The van der Waals surface area contributed by atoms with E-state index < -0.39 is 86.9 Å². The molecule has 0 saturated heterocycles. The van der Waals surface area contributed by atoms with E-state index in [9.17, 15) is 34.5 Å². The molecule has 0 saturated carbocycles. The van der Waals surface area contributed by atoms with Crippen LogP contribution in [0.4, 0.5) is 0 Å². The SMILES string of the molecule is C=CC(=O)OCC(COC(=O)C=C)(COC(=O)C=C)COC(=O)C=CC(C)C(CO)(CO)CO. The van der Waals surface area contributed by atoms with Crippen LogP contribution >= 0.6 is 0 Å². The second kappa shape index (κ2) is 15.5. The number of carbonyl (C=O) groups is 4. The van der Waals surface area contributed by atoms with Crippen molar-refractivity contribution in [3.8, 4) is 0 Å². The van der Waals surface area contributed by atoms with Crippen molar-refractivity contribution in [2.24, 2.45) is 16.7 Å². The molecule has 190 valence electrons. The maximum atomic E-state index is 12.3. The summed E-state index contributed by atoms with van der Waals surface area (Å²) >= 11 is 0. The molecule has 34 heavy (non-hydrogen) atoms. The summed E-state index contributed by atoms with van der Waals surface area (Å²) in [4.78, 5) is 47.0. The van der Waals surface area contributed by atoms with E-state index in [0.29, 0.717) is 0 Å². The summed E-state index contributed by atoms with van der Waals surface area (Å²) in [6.07, 6.45) is 5.03. The van der Waals surface area contributed by atoms with Crippen LogP contribution in [0.2, 0.25) is 0 Å². The zero-order chi connectivity index (χ0) is 26.2. The molecular weight excluding hydrogens is 452 g/mol. The van der Waals surface area contributed by atoms with E-state index >= 15 is 0 Å². The topological polar surface area (TPSA) is 166 Å². The third-order valence-electron chi connectivity index (χ3n) is 5.01. The first kappa shape index (κ1) is 30.7. The lowest BCUT2D eigenvalue weighted by molar-refractivity contribution is -0.164. The monoisotopic (exact) mass is 484 g/mol. The molecule has 0 aliphatic carbocycles. The van der Waals surface area contributed by atoms with Gasteiger partial charge in [-0.1, -0.05) is 32.7 Å². The van der Waals surface area contributed by atoms with Crippen LogP contribution in [0, 0.1) is 16.7 Å². The van der Waals surface area contributed by atoms with Crippen LogP contribution in [0.15, 0.2) is 50.1 Å². The normalized spacial score (nSPS) is 12.4. The second-order valence-electron chi connectivity index (χ2n) is 7.53. The Kier molecular flexibility index (Phi) is 14.0. The Labute approximate surface area is 197 Å². The van der Waals surface area contributed by atoms with Crippen molar-refractivity contribution < 1.29 is 53.4 Å². The number of rotatable bonds is 17. The van der Waals surface area contributed by atoms with Gasteiger partial charge in [0, 0.05) is 29.7 Å².